The Balaban J connectivity index is 1.59. The van der Waals surface area contributed by atoms with Gasteiger partial charge in [0.05, 0.1) is 10.4 Å². The summed E-state index contributed by atoms with van der Waals surface area (Å²) in [7, 11) is -3.62. The van der Waals surface area contributed by atoms with E-state index in [0.29, 0.717) is 43.5 Å². The van der Waals surface area contributed by atoms with E-state index >= 15 is 0 Å². The molecule has 1 amide bonds. The van der Waals surface area contributed by atoms with E-state index in [2.05, 4.69) is 13.8 Å². The largest absolute Gasteiger partial charge is 0.420 e. The Hall–Kier alpha value is -2.13. The highest BCUT2D eigenvalue weighted by atomic mass is 32.2. The van der Waals surface area contributed by atoms with Crippen LogP contribution in [0.2, 0.25) is 0 Å². The van der Waals surface area contributed by atoms with Gasteiger partial charge in [-0.1, -0.05) is 20.3 Å². The fraction of sp³-hybridized carbons (Fsp3) is 0.619. The highest BCUT2D eigenvalue weighted by molar-refractivity contribution is 7.89. The zero-order valence-electron chi connectivity index (χ0n) is 17.5. The predicted molar refractivity (Wildman–Crippen MR) is 113 cm³/mol. The van der Waals surface area contributed by atoms with Crippen LogP contribution in [0.1, 0.15) is 39.5 Å². The Kier molecular flexibility index (Phi) is 5.76. The Morgan fingerprint density at radius 2 is 1.77 bits per heavy atom. The molecule has 1 aromatic heterocycles. The van der Waals surface area contributed by atoms with Gasteiger partial charge < -0.3 is 9.32 Å². The van der Waals surface area contributed by atoms with Gasteiger partial charge in [-0.15, -0.1) is 0 Å². The molecule has 2 aliphatic rings. The zero-order chi connectivity index (χ0) is 21.5. The Morgan fingerprint density at radius 3 is 2.43 bits per heavy atom. The third-order valence-electron chi connectivity index (χ3n) is 6.11. The van der Waals surface area contributed by atoms with Crippen LogP contribution in [-0.4, -0.2) is 54.3 Å². The van der Waals surface area contributed by atoms with E-state index in [0.717, 1.165) is 25.7 Å². The van der Waals surface area contributed by atoms with Gasteiger partial charge in [0.25, 0.3) is 0 Å². The van der Waals surface area contributed by atoms with Crippen LogP contribution in [0.25, 0.3) is 11.1 Å². The first-order chi connectivity index (χ1) is 14.3. The number of benzene rings is 1. The molecule has 2 aliphatic heterocycles. The molecule has 0 bridgehead atoms. The van der Waals surface area contributed by atoms with Crippen molar-refractivity contribution in [1.29, 1.82) is 0 Å². The normalized spacial score (nSPS) is 23.7. The molecule has 2 atom stereocenters. The van der Waals surface area contributed by atoms with E-state index in [1.54, 1.807) is 11.0 Å². The molecule has 0 aliphatic carbocycles. The Morgan fingerprint density at radius 1 is 1.10 bits per heavy atom. The number of hydrogen-bond donors (Lipinski definition) is 0. The number of piperidine rings is 2. The molecule has 2 aromatic rings. The van der Waals surface area contributed by atoms with Crippen LogP contribution in [0.5, 0.6) is 0 Å². The third-order valence-corrected chi connectivity index (χ3v) is 8.00. The number of carbonyl (C=O) groups excluding carboxylic acids is 1. The van der Waals surface area contributed by atoms with Crippen molar-refractivity contribution < 1.29 is 17.6 Å². The minimum absolute atomic E-state index is 0.108. The molecular weight excluding hydrogens is 406 g/mol. The van der Waals surface area contributed by atoms with Crippen LogP contribution in [0.4, 0.5) is 0 Å². The molecule has 9 heteroatoms. The van der Waals surface area contributed by atoms with E-state index in [-0.39, 0.29) is 22.9 Å². The van der Waals surface area contributed by atoms with Crippen LogP contribution in [-0.2, 0) is 21.4 Å². The predicted octanol–water partition coefficient (Wildman–Crippen LogP) is 2.27. The number of nitrogens with zero attached hydrogens (tertiary/aromatic N) is 3. The number of hydrogen-bond acceptors (Lipinski definition) is 5. The molecule has 2 fully saturated rings. The summed E-state index contributed by atoms with van der Waals surface area (Å²) >= 11 is 0. The molecule has 0 spiro atoms. The van der Waals surface area contributed by atoms with E-state index in [9.17, 15) is 18.0 Å². The van der Waals surface area contributed by atoms with Gasteiger partial charge in [0.15, 0.2) is 5.58 Å². The fourth-order valence-electron chi connectivity index (χ4n) is 4.71. The lowest BCUT2D eigenvalue weighted by Gasteiger charge is -2.35. The number of oxazole rings is 1. The maximum atomic E-state index is 12.9. The van der Waals surface area contributed by atoms with Crippen LogP contribution in [0, 0.1) is 11.8 Å². The van der Waals surface area contributed by atoms with E-state index in [4.69, 9.17) is 4.42 Å². The topological polar surface area (TPSA) is 92.8 Å². The summed E-state index contributed by atoms with van der Waals surface area (Å²) in [6, 6.07) is 4.45. The average Bonchev–Trinajstić information content (AvgIpc) is 3.02. The van der Waals surface area contributed by atoms with Gasteiger partial charge in [-0.05, 0) is 43.2 Å². The van der Waals surface area contributed by atoms with Gasteiger partial charge in [0.1, 0.15) is 6.54 Å². The van der Waals surface area contributed by atoms with E-state index in [1.165, 1.54) is 21.0 Å². The number of likely N-dealkylation sites (tertiary alicyclic amines) is 1. The second kappa shape index (κ2) is 8.19. The fourth-order valence-corrected chi connectivity index (χ4v) is 6.25. The molecule has 0 N–H and O–H groups in total. The van der Waals surface area contributed by atoms with Crippen LogP contribution in [0.3, 0.4) is 0 Å². The average molecular weight is 436 g/mol. The molecule has 1 aromatic carbocycles. The van der Waals surface area contributed by atoms with Crippen molar-refractivity contribution in [2.24, 2.45) is 11.8 Å². The maximum absolute atomic E-state index is 12.9. The standard InChI is InChI=1S/C21H29N3O5S/c1-15-10-16(2)13-22(12-15)20(25)14-24-18-7-6-17(11-19(18)29-21(24)26)30(27,28)23-8-4-3-5-9-23/h6-7,11,15-16H,3-5,8-10,12-14H2,1-2H3. The van der Waals surface area contributed by atoms with Gasteiger partial charge in [0, 0.05) is 32.2 Å². The van der Waals surface area contributed by atoms with Crippen LogP contribution in [0.15, 0.2) is 32.3 Å². The summed E-state index contributed by atoms with van der Waals surface area (Å²) in [6.45, 7) is 6.53. The summed E-state index contributed by atoms with van der Waals surface area (Å²) in [5.74, 6) is 0.0864. The summed E-state index contributed by atoms with van der Waals surface area (Å²) < 4.78 is 33.9. The van der Waals surface area contributed by atoms with Gasteiger partial charge in [-0.2, -0.15) is 4.31 Å². The zero-order valence-corrected chi connectivity index (χ0v) is 18.4. The second-order valence-electron chi connectivity index (χ2n) is 8.79. The highest BCUT2D eigenvalue weighted by Crippen LogP contribution is 2.25. The molecule has 4 rings (SSSR count). The van der Waals surface area contributed by atoms with Gasteiger partial charge in [-0.25, -0.2) is 13.2 Å². The number of fused-ring (bicyclic) bond motifs is 1. The summed E-state index contributed by atoms with van der Waals surface area (Å²) in [5, 5.41) is 0. The third kappa shape index (κ3) is 4.05. The Bertz CT molecular complexity index is 1090. The number of aromatic nitrogens is 1. The lowest BCUT2D eigenvalue weighted by atomic mass is 9.92. The molecular formula is C21H29N3O5S. The number of sulfonamides is 1. The summed E-state index contributed by atoms with van der Waals surface area (Å²) in [6.07, 6.45) is 3.82. The van der Waals surface area contributed by atoms with Crippen LogP contribution < -0.4 is 5.76 Å². The van der Waals surface area contributed by atoms with E-state index < -0.39 is 15.8 Å². The van der Waals surface area contributed by atoms with Crippen molar-refractivity contribution in [3.8, 4) is 0 Å². The highest BCUT2D eigenvalue weighted by Gasteiger charge is 2.28. The first kappa shape index (κ1) is 21.1. The van der Waals surface area contributed by atoms with Crippen molar-refractivity contribution in [2.75, 3.05) is 26.2 Å². The lowest BCUT2D eigenvalue weighted by Crippen LogP contribution is -2.44. The molecule has 8 nitrogen and oxygen atoms in total. The van der Waals surface area contributed by atoms with Gasteiger partial charge >= 0.3 is 5.76 Å². The van der Waals surface area contributed by atoms with Gasteiger partial charge in [-0.3, -0.25) is 9.36 Å². The first-order valence-electron chi connectivity index (χ1n) is 10.7. The minimum atomic E-state index is -3.62. The summed E-state index contributed by atoms with van der Waals surface area (Å²) in [5.41, 5.74) is 0.621. The van der Waals surface area contributed by atoms with E-state index in [1.807, 2.05) is 0 Å². The molecule has 2 unspecified atom stereocenters. The molecule has 2 saturated heterocycles. The first-order valence-corrected chi connectivity index (χ1v) is 12.1. The number of carbonyl (C=O) groups is 1. The van der Waals surface area contributed by atoms with Crippen LogP contribution >= 0.6 is 0 Å². The van der Waals surface area contributed by atoms with Crippen molar-refractivity contribution >= 4 is 27.0 Å². The molecule has 3 heterocycles. The smallest absolute Gasteiger partial charge is 0.408 e. The Labute approximate surface area is 176 Å². The quantitative estimate of drug-likeness (QED) is 0.735. The van der Waals surface area contributed by atoms with Crippen molar-refractivity contribution in [1.82, 2.24) is 13.8 Å². The minimum Gasteiger partial charge on any atom is -0.408 e. The number of rotatable bonds is 4. The van der Waals surface area contributed by atoms with Gasteiger partial charge in [0.2, 0.25) is 15.9 Å². The monoisotopic (exact) mass is 435 g/mol. The molecule has 30 heavy (non-hydrogen) atoms. The lowest BCUT2D eigenvalue weighted by molar-refractivity contribution is -0.134. The maximum Gasteiger partial charge on any atom is 0.420 e. The SMILES string of the molecule is CC1CC(C)CN(C(=O)Cn2c(=O)oc3cc(S(=O)(=O)N4CCCCC4)ccc32)C1. The van der Waals surface area contributed by atoms with Crippen molar-refractivity contribution in [2.45, 2.75) is 51.0 Å². The molecule has 164 valence electrons. The van der Waals surface area contributed by atoms with Crippen molar-refractivity contribution in [3.05, 3.63) is 28.7 Å². The number of amides is 1. The summed E-state index contributed by atoms with van der Waals surface area (Å²) in [4.78, 5) is 27.1. The van der Waals surface area contributed by atoms with Crippen molar-refractivity contribution in [3.63, 3.8) is 0 Å². The molecule has 0 radical (unpaired) electrons. The molecule has 0 saturated carbocycles. The second-order valence-corrected chi connectivity index (χ2v) is 10.7.